The van der Waals surface area contributed by atoms with Gasteiger partial charge in [0.1, 0.15) is 0 Å². The first-order valence-electron chi connectivity index (χ1n) is 9.09. The summed E-state index contributed by atoms with van der Waals surface area (Å²) in [6.07, 6.45) is 1.70. The number of hydrogen-bond donors (Lipinski definition) is 0. The van der Waals surface area contributed by atoms with Crippen molar-refractivity contribution in [2.24, 2.45) is 0 Å². The molecule has 1 amide bonds. The van der Waals surface area contributed by atoms with E-state index in [1.54, 1.807) is 11.3 Å². The lowest BCUT2D eigenvalue weighted by atomic mass is 10.0. The number of non-ortho nitro benzene ring substituents is 1. The second kappa shape index (κ2) is 7.23. The summed E-state index contributed by atoms with van der Waals surface area (Å²) in [6.45, 7) is 3.08. The molecule has 0 saturated carbocycles. The third-order valence-corrected chi connectivity index (χ3v) is 6.23. The summed E-state index contributed by atoms with van der Waals surface area (Å²) >= 11 is 1.74. The van der Waals surface area contributed by atoms with Crippen LogP contribution in [-0.2, 0) is 17.8 Å². The van der Waals surface area contributed by atoms with Crippen LogP contribution in [0, 0.1) is 10.1 Å². The maximum atomic E-state index is 12.7. The summed E-state index contributed by atoms with van der Waals surface area (Å²) < 4.78 is 6.54. The van der Waals surface area contributed by atoms with Gasteiger partial charge in [0.25, 0.3) is 5.69 Å². The molecule has 3 aromatic rings. The number of rotatable bonds is 5. The van der Waals surface area contributed by atoms with Crippen molar-refractivity contribution in [1.82, 2.24) is 9.47 Å². The van der Waals surface area contributed by atoms with Crippen LogP contribution in [0.25, 0.3) is 11.1 Å². The van der Waals surface area contributed by atoms with Gasteiger partial charge in [-0.3, -0.25) is 19.5 Å². The van der Waals surface area contributed by atoms with Crippen molar-refractivity contribution >= 4 is 34.0 Å². The first kappa shape index (κ1) is 18.4. The van der Waals surface area contributed by atoms with E-state index in [-0.39, 0.29) is 23.2 Å². The quantitative estimate of drug-likeness (QED) is 0.481. The lowest BCUT2D eigenvalue weighted by Gasteiger charge is -2.33. The van der Waals surface area contributed by atoms with Gasteiger partial charge in [-0.2, -0.15) is 0 Å². The second-order valence-corrected chi connectivity index (χ2v) is 7.85. The summed E-state index contributed by atoms with van der Waals surface area (Å²) in [4.78, 5) is 38.3. The Labute approximate surface area is 164 Å². The summed E-state index contributed by atoms with van der Waals surface area (Å²) in [7, 11) is 0. The number of carbonyl (C=O) groups is 1. The van der Waals surface area contributed by atoms with Gasteiger partial charge >= 0.3 is 5.76 Å². The molecule has 1 aliphatic heterocycles. The fourth-order valence-corrected chi connectivity index (χ4v) is 4.73. The first-order valence-corrected chi connectivity index (χ1v) is 9.97. The van der Waals surface area contributed by atoms with E-state index in [0.29, 0.717) is 31.4 Å². The minimum atomic E-state index is -0.572. The van der Waals surface area contributed by atoms with Gasteiger partial charge in [0.2, 0.25) is 5.91 Å². The number of thiophene rings is 1. The molecule has 0 saturated heterocycles. The Bertz CT molecular complexity index is 1110. The fourth-order valence-electron chi connectivity index (χ4n) is 3.76. The van der Waals surface area contributed by atoms with Crippen molar-refractivity contribution in [1.29, 1.82) is 0 Å². The third-order valence-electron chi connectivity index (χ3n) is 5.23. The van der Waals surface area contributed by atoms with Crippen molar-refractivity contribution < 1.29 is 14.1 Å². The van der Waals surface area contributed by atoms with Gasteiger partial charge in [-0.15, -0.1) is 11.3 Å². The number of nitrogens with zero attached hydrogens (tertiary/aromatic N) is 3. The normalized spacial score (nSPS) is 16.3. The van der Waals surface area contributed by atoms with Gasteiger partial charge in [-0.25, -0.2) is 4.79 Å². The van der Waals surface area contributed by atoms with E-state index >= 15 is 0 Å². The number of nitro benzene ring substituents is 1. The molecule has 0 unspecified atom stereocenters. The number of amides is 1. The number of carbonyl (C=O) groups excluding carboxylic acids is 1. The molecular formula is C19H19N3O5S. The molecule has 0 bridgehead atoms. The smallest absolute Gasteiger partial charge is 0.407 e. The molecule has 9 heteroatoms. The molecule has 1 aromatic carbocycles. The SMILES string of the molecule is C[C@H]1c2ccsc2CCN1C(=O)CCCn1c(=O)oc2cc([N+](=O)[O-])ccc21. The minimum absolute atomic E-state index is 0.0699. The van der Waals surface area contributed by atoms with Crippen molar-refractivity contribution in [3.05, 3.63) is 60.8 Å². The van der Waals surface area contributed by atoms with E-state index < -0.39 is 10.7 Å². The third kappa shape index (κ3) is 3.22. The number of nitro groups is 1. The molecule has 146 valence electrons. The van der Waals surface area contributed by atoms with Crippen LogP contribution in [-0.4, -0.2) is 26.8 Å². The maximum absolute atomic E-state index is 12.7. The first-order chi connectivity index (χ1) is 13.5. The highest BCUT2D eigenvalue weighted by Crippen LogP contribution is 2.33. The Kier molecular flexibility index (Phi) is 4.76. The van der Waals surface area contributed by atoms with Crippen molar-refractivity contribution in [2.75, 3.05) is 6.54 Å². The Balaban J connectivity index is 1.43. The molecule has 0 aliphatic carbocycles. The van der Waals surface area contributed by atoms with Crippen LogP contribution in [0.2, 0.25) is 0 Å². The molecule has 0 N–H and O–H groups in total. The van der Waals surface area contributed by atoms with E-state index in [0.717, 1.165) is 6.42 Å². The number of oxazole rings is 1. The number of aryl methyl sites for hydroxylation is 1. The largest absolute Gasteiger partial charge is 0.419 e. The average Bonchev–Trinajstić information content (AvgIpc) is 3.26. The summed E-state index contributed by atoms with van der Waals surface area (Å²) in [6, 6.07) is 6.24. The Morgan fingerprint density at radius 1 is 1.39 bits per heavy atom. The lowest BCUT2D eigenvalue weighted by molar-refractivity contribution is -0.384. The van der Waals surface area contributed by atoms with Gasteiger partial charge in [0, 0.05) is 30.5 Å². The van der Waals surface area contributed by atoms with Crippen LogP contribution < -0.4 is 5.76 Å². The summed E-state index contributed by atoms with van der Waals surface area (Å²) in [5.41, 5.74) is 1.77. The Hall–Kier alpha value is -2.94. The maximum Gasteiger partial charge on any atom is 0.419 e. The number of hydrogen-bond acceptors (Lipinski definition) is 6. The van der Waals surface area contributed by atoms with Crippen LogP contribution >= 0.6 is 11.3 Å². The highest BCUT2D eigenvalue weighted by Gasteiger charge is 2.27. The van der Waals surface area contributed by atoms with Gasteiger partial charge < -0.3 is 9.32 Å². The minimum Gasteiger partial charge on any atom is -0.407 e. The van der Waals surface area contributed by atoms with Crippen LogP contribution in [0.3, 0.4) is 0 Å². The Morgan fingerprint density at radius 3 is 3.00 bits per heavy atom. The summed E-state index contributed by atoms with van der Waals surface area (Å²) in [5, 5.41) is 12.9. The topological polar surface area (TPSA) is 98.6 Å². The average molecular weight is 401 g/mol. The molecule has 0 spiro atoms. The molecule has 1 aliphatic rings. The van der Waals surface area contributed by atoms with Crippen LogP contribution in [0.1, 0.15) is 36.2 Å². The zero-order chi connectivity index (χ0) is 19.8. The van der Waals surface area contributed by atoms with E-state index in [2.05, 4.69) is 11.4 Å². The second-order valence-electron chi connectivity index (χ2n) is 6.84. The van der Waals surface area contributed by atoms with Gasteiger partial charge in [0.15, 0.2) is 5.58 Å². The molecule has 0 fully saturated rings. The van der Waals surface area contributed by atoms with Crippen molar-refractivity contribution in [2.45, 2.75) is 38.8 Å². The predicted octanol–water partition coefficient (Wildman–Crippen LogP) is 3.49. The van der Waals surface area contributed by atoms with Gasteiger partial charge in [0.05, 0.1) is 22.5 Å². The van der Waals surface area contributed by atoms with Crippen LogP contribution in [0.4, 0.5) is 5.69 Å². The standard InChI is InChI=1S/C19H19N3O5S/c1-12-14-7-10-28-17(14)6-9-20(12)18(23)3-2-8-21-15-5-4-13(22(25)26)11-16(15)27-19(21)24/h4-5,7,10-12H,2-3,6,8-9H2,1H3/t12-/m0/s1. The molecule has 2 aromatic heterocycles. The molecule has 8 nitrogen and oxygen atoms in total. The highest BCUT2D eigenvalue weighted by atomic mass is 32.1. The van der Waals surface area contributed by atoms with E-state index in [1.807, 2.05) is 11.8 Å². The van der Waals surface area contributed by atoms with E-state index in [4.69, 9.17) is 4.42 Å². The van der Waals surface area contributed by atoms with Gasteiger partial charge in [-0.1, -0.05) is 0 Å². The van der Waals surface area contributed by atoms with Crippen molar-refractivity contribution in [3.63, 3.8) is 0 Å². The molecule has 4 rings (SSSR count). The fraction of sp³-hybridized carbons (Fsp3) is 0.368. The van der Waals surface area contributed by atoms with E-state index in [1.165, 1.54) is 33.2 Å². The zero-order valence-corrected chi connectivity index (χ0v) is 16.1. The number of benzene rings is 1. The number of aromatic nitrogens is 1. The van der Waals surface area contributed by atoms with Crippen LogP contribution in [0.5, 0.6) is 0 Å². The van der Waals surface area contributed by atoms with Gasteiger partial charge in [-0.05, 0) is 42.8 Å². The van der Waals surface area contributed by atoms with E-state index in [9.17, 15) is 19.7 Å². The summed E-state index contributed by atoms with van der Waals surface area (Å²) in [5.74, 6) is -0.502. The molecule has 3 heterocycles. The molecule has 28 heavy (non-hydrogen) atoms. The highest BCUT2D eigenvalue weighted by molar-refractivity contribution is 7.10. The predicted molar refractivity (Wildman–Crippen MR) is 105 cm³/mol. The zero-order valence-electron chi connectivity index (χ0n) is 15.3. The Morgan fingerprint density at radius 2 is 2.21 bits per heavy atom. The molecular weight excluding hydrogens is 382 g/mol. The van der Waals surface area contributed by atoms with Crippen LogP contribution in [0.15, 0.2) is 38.9 Å². The monoisotopic (exact) mass is 401 g/mol. The number of fused-ring (bicyclic) bond motifs is 2. The molecule has 1 atom stereocenters. The molecule has 0 radical (unpaired) electrons. The lowest BCUT2D eigenvalue weighted by Crippen LogP contribution is -2.38. The van der Waals surface area contributed by atoms with Crippen molar-refractivity contribution in [3.8, 4) is 0 Å².